The molecule has 3 rings (SSSR count). The summed E-state index contributed by atoms with van der Waals surface area (Å²) in [6, 6.07) is 2.74. The van der Waals surface area contributed by atoms with Gasteiger partial charge in [0.15, 0.2) is 0 Å². The standard InChI is InChI=1S/C23H29NO6/c1-5-6-7-17(21(26)27)24-20(25)11-16-13(2)15-10-14-8-9-23(3,4)30-18(14)12-19(15)29-22(16)28/h10,12,17H,5-9,11H2,1-4H3,(H,24,25)(H,26,27)/t17-/m0/s1. The van der Waals surface area contributed by atoms with E-state index in [4.69, 9.17) is 9.15 Å². The number of fused-ring (bicyclic) bond motifs is 2. The molecule has 1 amide bonds. The highest BCUT2D eigenvalue weighted by Crippen LogP contribution is 2.36. The molecule has 30 heavy (non-hydrogen) atoms. The van der Waals surface area contributed by atoms with Crippen LogP contribution in [0.1, 0.15) is 63.1 Å². The zero-order valence-electron chi connectivity index (χ0n) is 18.0. The summed E-state index contributed by atoms with van der Waals surface area (Å²) in [5.41, 5.74) is 1.52. The summed E-state index contributed by atoms with van der Waals surface area (Å²) in [4.78, 5) is 36.4. The van der Waals surface area contributed by atoms with Crippen LogP contribution in [0.2, 0.25) is 0 Å². The number of carbonyl (C=O) groups is 2. The van der Waals surface area contributed by atoms with Crippen molar-refractivity contribution in [3.05, 3.63) is 39.2 Å². The number of ether oxygens (including phenoxy) is 1. The van der Waals surface area contributed by atoms with E-state index in [1.807, 2.05) is 26.8 Å². The minimum atomic E-state index is -1.08. The van der Waals surface area contributed by atoms with Gasteiger partial charge in [-0.25, -0.2) is 9.59 Å². The molecule has 7 heteroatoms. The van der Waals surface area contributed by atoms with Crippen LogP contribution in [0.5, 0.6) is 5.75 Å². The van der Waals surface area contributed by atoms with Crippen molar-refractivity contribution in [3.63, 3.8) is 0 Å². The molecule has 0 bridgehead atoms. The maximum absolute atomic E-state index is 12.6. The van der Waals surface area contributed by atoms with Crippen molar-refractivity contribution in [2.75, 3.05) is 0 Å². The van der Waals surface area contributed by atoms with Crippen LogP contribution < -0.4 is 15.7 Å². The van der Waals surface area contributed by atoms with Crippen molar-refractivity contribution in [3.8, 4) is 5.75 Å². The van der Waals surface area contributed by atoms with E-state index in [1.165, 1.54) is 0 Å². The number of benzene rings is 1. The summed E-state index contributed by atoms with van der Waals surface area (Å²) in [5, 5.41) is 12.6. The van der Waals surface area contributed by atoms with Crippen LogP contribution in [-0.2, 0) is 22.4 Å². The predicted octanol–water partition coefficient (Wildman–Crippen LogP) is 3.51. The van der Waals surface area contributed by atoms with Crippen molar-refractivity contribution < 1.29 is 23.8 Å². The number of carboxylic acids is 1. The van der Waals surface area contributed by atoms with E-state index in [0.29, 0.717) is 29.7 Å². The largest absolute Gasteiger partial charge is 0.487 e. The van der Waals surface area contributed by atoms with Crippen LogP contribution in [0.4, 0.5) is 0 Å². The Labute approximate surface area is 175 Å². The third-order valence-electron chi connectivity index (χ3n) is 5.67. The molecule has 0 unspecified atom stereocenters. The number of carbonyl (C=O) groups excluding carboxylic acids is 1. The van der Waals surface area contributed by atoms with Gasteiger partial charge in [0.25, 0.3) is 0 Å². The Bertz CT molecular complexity index is 1040. The second-order valence-corrected chi connectivity index (χ2v) is 8.59. The van der Waals surface area contributed by atoms with Crippen LogP contribution in [0.3, 0.4) is 0 Å². The fraction of sp³-hybridized carbons (Fsp3) is 0.522. The molecule has 2 aromatic rings. The summed E-state index contributed by atoms with van der Waals surface area (Å²) in [6.45, 7) is 7.78. The first-order valence-electron chi connectivity index (χ1n) is 10.4. The number of aliphatic carboxylic acids is 1. The second kappa shape index (κ2) is 8.50. The molecule has 0 fully saturated rings. The number of nitrogens with one attached hydrogen (secondary N) is 1. The second-order valence-electron chi connectivity index (χ2n) is 8.59. The van der Waals surface area contributed by atoms with Gasteiger partial charge in [-0.15, -0.1) is 0 Å². The summed E-state index contributed by atoms with van der Waals surface area (Å²) in [5.74, 6) is -0.864. The first-order chi connectivity index (χ1) is 14.1. The number of amides is 1. The fourth-order valence-electron chi connectivity index (χ4n) is 3.81. The highest BCUT2D eigenvalue weighted by Gasteiger charge is 2.28. The number of rotatable bonds is 7. The molecule has 7 nitrogen and oxygen atoms in total. The average molecular weight is 415 g/mol. The van der Waals surface area contributed by atoms with Gasteiger partial charge >= 0.3 is 11.6 Å². The van der Waals surface area contributed by atoms with E-state index in [9.17, 15) is 19.5 Å². The van der Waals surface area contributed by atoms with Crippen LogP contribution in [0.25, 0.3) is 11.0 Å². The Morgan fingerprint density at radius 1 is 1.30 bits per heavy atom. The van der Waals surface area contributed by atoms with Gasteiger partial charge in [-0.2, -0.15) is 0 Å². The lowest BCUT2D eigenvalue weighted by Crippen LogP contribution is -2.42. The molecule has 1 aromatic carbocycles. The van der Waals surface area contributed by atoms with Crippen molar-refractivity contribution in [1.29, 1.82) is 0 Å². The fourth-order valence-corrected chi connectivity index (χ4v) is 3.81. The van der Waals surface area contributed by atoms with Crippen LogP contribution in [-0.4, -0.2) is 28.6 Å². The Morgan fingerprint density at radius 2 is 2.03 bits per heavy atom. The lowest BCUT2D eigenvalue weighted by molar-refractivity contribution is -0.142. The number of hydrogen-bond acceptors (Lipinski definition) is 5. The molecule has 1 atom stereocenters. The molecule has 162 valence electrons. The SMILES string of the molecule is CCCC[C@H](NC(=O)Cc1c(C)c2cc3c(cc2oc1=O)OC(C)(C)CC3)C(=O)O. The van der Waals surface area contributed by atoms with Gasteiger partial charge in [-0.05, 0) is 57.2 Å². The number of carboxylic acid groups (broad SMARTS) is 1. The third kappa shape index (κ3) is 4.66. The van der Waals surface area contributed by atoms with Gasteiger partial charge in [0.1, 0.15) is 23.0 Å². The predicted molar refractivity (Wildman–Crippen MR) is 113 cm³/mol. The van der Waals surface area contributed by atoms with Gasteiger partial charge in [-0.3, -0.25) is 4.79 Å². The monoisotopic (exact) mass is 415 g/mol. The Balaban J connectivity index is 1.89. The van der Waals surface area contributed by atoms with Crippen molar-refractivity contribution >= 4 is 22.8 Å². The Morgan fingerprint density at radius 3 is 2.70 bits per heavy atom. The zero-order valence-corrected chi connectivity index (χ0v) is 18.0. The number of hydrogen-bond donors (Lipinski definition) is 2. The van der Waals surface area contributed by atoms with Crippen molar-refractivity contribution in [2.24, 2.45) is 0 Å². The van der Waals surface area contributed by atoms with E-state index >= 15 is 0 Å². The topological polar surface area (TPSA) is 106 Å². The molecule has 0 radical (unpaired) electrons. The molecular weight excluding hydrogens is 386 g/mol. The molecule has 0 aliphatic carbocycles. The average Bonchev–Trinajstić information content (AvgIpc) is 2.66. The van der Waals surface area contributed by atoms with Gasteiger partial charge in [0, 0.05) is 11.5 Å². The quantitative estimate of drug-likeness (QED) is 0.671. The molecule has 0 spiro atoms. The molecule has 2 heterocycles. The maximum atomic E-state index is 12.6. The van der Waals surface area contributed by atoms with E-state index in [2.05, 4.69) is 5.32 Å². The van der Waals surface area contributed by atoms with Crippen molar-refractivity contribution in [2.45, 2.75) is 77.9 Å². The summed E-state index contributed by atoms with van der Waals surface area (Å²) in [7, 11) is 0. The van der Waals surface area contributed by atoms with Crippen LogP contribution in [0, 0.1) is 6.92 Å². The van der Waals surface area contributed by atoms with Crippen LogP contribution >= 0.6 is 0 Å². The minimum absolute atomic E-state index is 0.222. The van der Waals surface area contributed by atoms with Gasteiger partial charge < -0.3 is 19.6 Å². The molecule has 2 N–H and O–H groups in total. The third-order valence-corrected chi connectivity index (χ3v) is 5.67. The first kappa shape index (κ1) is 21.9. The molecule has 1 aliphatic rings. The van der Waals surface area contributed by atoms with E-state index < -0.39 is 23.5 Å². The highest BCUT2D eigenvalue weighted by molar-refractivity contribution is 5.88. The first-order valence-corrected chi connectivity index (χ1v) is 10.4. The molecule has 1 aromatic heterocycles. The molecule has 0 saturated carbocycles. The minimum Gasteiger partial charge on any atom is -0.487 e. The maximum Gasteiger partial charge on any atom is 0.340 e. The lowest BCUT2D eigenvalue weighted by atomic mass is 9.92. The highest BCUT2D eigenvalue weighted by atomic mass is 16.5. The van der Waals surface area contributed by atoms with Crippen LogP contribution in [0.15, 0.2) is 21.3 Å². The summed E-state index contributed by atoms with van der Waals surface area (Å²) >= 11 is 0. The Kier molecular flexibility index (Phi) is 6.19. The number of aryl methyl sites for hydroxylation is 2. The van der Waals surface area contributed by atoms with Gasteiger partial charge in [0.2, 0.25) is 5.91 Å². The smallest absolute Gasteiger partial charge is 0.340 e. The molecular formula is C23H29NO6. The van der Waals surface area contributed by atoms with E-state index in [0.717, 1.165) is 30.2 Å². The molecule has 1 aliphatic heterocycles. The Hall–Kier alpha value is -2.83. The number of unbranched alkanes of at least 4 members (excludes halogenated alkanes) is 1. The van der Waals surface area contributed by atoms with E-state index in [1.54, 1.807) is 13.0 Å². The normalized spacial score (nSPS) is 15.9. The summed E-state index contributed by atoms with van der Waals surface area (Å²) < 4.78 is 11.5. The lowest BCUT2D eigenvalue weighted by Gasteiger charge is -2.32. The van der Waals surface area contributed by atoms with Gasteiger partial charge in [-0.1, -0.05) is 19.8 Å². The zero-order chi connectivity index (χ0) is 22.1. The van der Waals surface area contributed by atoms with Crippen molar-refractivity contribution in [1.82, 2.24) is 5.32 Å². The summed E-state index contributed by atoms with van der Waals surface area (Å²) in [6.07, 6.45) is 3.39. The molecule has 0 saturated heterocycles. The van der Waals surface area contributed by atoms with E-state index in [-0.39, 0.29) is 17.6 Å². The van der Waals surface area contributed by atoms with Gasteiger partial charge in [0.05, 0.1) is 12.0 Å².